The lowest BCUT2D eigenvalue weighted by Gasteiger charge is -2.24. The summed E-state index contributed by atoms with van der Waals surface area (Å²) in [4.78, 5) is 49.2. The number of halogens is 3. The fourth-order valence-electron chi connectivity index (χ4n) is 5.77. The first kappa shape index (κ1) is 30.8. The van der Waals surface area contributed by atoms with Crippen LogP contribution in [0.15, 0.2) is 79.3 Å². The summed E-state index contributed by atoms with van der Waals surface area (Å²) in [7, 11) is 1.72. The SMILES string of the molecule is CNc1ncc(-c2ccc3c(c2)c(C(C)=O)cn3CC(=O)N2CC(F)CC2C(=O)Nc2cccc(-c3ccccc3Cl)c2F)cn1. The number of hydrogen-bond acceptors (Lipinski definition) is 6. The van der Waals surface area contributed by atoms with Crippen LogP contribution in [0.5, 0.6) is 0 Å². The normalized spacial score (nSPS) is 16.1. The number of alkyl halides is 1. The maximum atomic E-state index is 15.5. The van der Waals surface area contributed by atoms with Gasteiger partial charge in [-0.25, -0.2) is 18.7 Å². The van der Waals surface area contributed by atoms with Gasteiger partial charge in [0.15, 0.2) is 11.6 Å². The molecule has 5 aromatic rings. The Balaban J connectivity index is 1.24. The number of amides is 2. The molecule has 2 N–H and O–H groups in total. The maximum absolute atomic E-state index is 15.5. The lowest BCUT2D eigenvalue weighted by Crippen LogP contribution is -2.44. The predicted octanol–water partition coefficient (Wildman–Crippen LogP) is 6.38. The molecule has 1 aliphatic heterocycles. The standard InChI is InChI=1S/C34H29ClF2N6O3/c1-19(44)26-17-42(29-11-10-20(12-25(26)29)21-14-39-34(38-2)40-15-21)18-31(45)43-16-22(36)13-30(43)33(46)41-28-9-5-7-24(32(28)37)23-6-3-4-8-27(23)35/h3-12,14-15,17,22,30H,13,16,18H2,1-2H3,(H,41,46)(H,38,39,40). The summed E-state index contributed by atoms with van der Waals surface area (Å²) in [6.07, 6.45) is 3.25. The van der Waals surface area contributed by atoms with Crippen molar-refractivity contribution >= 4 is 51.7 Å². The third kappa shape index (κ3) is 5.93. The number of benzene rings is 3. The van der Waals surface area contributed by atoms with Crippen molar-refractivity contribution < 1.29 is 23.2 Å². The lowest BCUT2D eigenvalue weighted by atomic mass is 10.0. The van der Waals surface area contributed by atoms with Crippen LogP contribution in [0.3, 0.4) is 0 Å². The monoisotopic (exact) mass is 642 g/mol. The second kappa shape index (κ2) is 12.7. The molecule has 2 atom stereocenters. The van der Waals surface area contributed by atoms with Crippen molar-refractivity contribution in [2.24, 2.45) is 0 Å². The number of anilines is 2. The number of carbonyl (C=O) groups excluding carboxylic acids is 3. The van der Waals surface area contributed by atoms with Crippen molar-refractivity contribution in [1.82, 2.24) is 19.4 Å². The minimum atomic E-state index is -1.44. The topological polar surface area (TPSA) is 109 Å². The van der Waals surface area contributed by atoms with E-state index in [0.717, 1.165) is 11.1 Å². The summed E-state index contributed by atoms with van der Waals surface area (Å²) in [5.74, 6) is -1.65. The van der Waals surface area contributed by atoms with E-state index in [0.29, 0.717) is 33.0 Å². The lowest BCUT2D eigenvalue weighted by molar-refractivity contribution is -0.137. The first-order valence-corrected chi connectivity index (χ1v) is 14.9. The highest BCUT2D eigenvalue weighted by Gasteiger charge is 2.40. The van der Waals surface area contributed by atoms with Gasteiger partial charge in [-0.3, -0.25) is 14.4 Å². The molecule has 3 aromatic carbocycles. The van der Waals surface area contributed by atoms with Crippen LogP contribution in [0.1, 0.15) is 23.7 Å². The van der Waals surface area contributed by atoms with Crippen molar-refractivity contribution in [3.05, 3.63) is 95.7 Å². The van der Waals surface area contributed by atoms with Gasteiger partial charge < -0.3 is 20.1 Å². The quantitative estimate of drug-likeness (QED) is 0.190. The van der Waals surface area contributed by atoms with E-state index >= 15 is 4.39 Å². The van der Waals surface area contributed by atoms with Gasteiger partial charge in [0.05, 0.1) is 12.2 Å². The number of hydrogen-bond donors (Lipinski definition) is 2. The molecule has 9 nitrogen and oxygen atoms in total. The summed E-state index contributed by atoms with van der Waals surface area (Å²) < 4.78 is 31.9. The Morgan fingerprint density at radius 3 is 2.46 bits per heavy atom. The molecule has 2 amide bonds. The minimum absolute atomic E-state index is 0.110. The first-order chi connectivity index (χ1) is 22.1. The van der Waals surface area contributed by atoms with E-state index in [4.69, 9.17) is 11.6 Å². The van der Waals surface area contributed by atoms with Crippen LogP contribution in [0.4, 0.5) is 20.4 Å². The molecule has 1 aliphatic rings. The highest BCUT2D eigenvalue weighted by Crippen LogP contribution is 2.34. The summed E-state index contributed by atoms with van der Waals surface area (Å²) >= 11 is 6.26. The zero-order valence-corrected chi connectivity index (χ0v) is 25.7. The molecule has 0 spiro atoms. The second-order valence-electron chi connectivity index (χ2n) is 11.0. The predicted molar refractivity (Wildman–Crippen MR) is 173 cm³/mol. The Morgan fingerprint density at radius 1 is 1.00 bits per heavy atom. The molecule has 0 saturated carbocycles. The van der Waals surface area contributed by atoms with Crippen molar-refractivity contribution in [3.63, 3.8) is 0 Å². The van der Waals surface area contributed by atoms with Crippen molar-refractivity contribution in [1.29, 1.82) is 0 Å². The number of aromatic nitrogens is 3. The van der Waals surface area contributed by atoms with Gasteiger partial charge in [0, 0.05) is 70.2 Å². The number of Topliss-reactive ketones (excluding diaryl/α,β-unsaturated/α-hetero) is 1. The molecule has 234 valence electrons. The number of nitrogens with zero attached hydrogens (tertiary/aromatic N) is 4. The van der Waals surface area contributed by atoms with E-state index < -0.39 is 29.8 Å². The van der Waals surface area contributed by atoms with Gasteiger partial charge in [-0.15, -0.1) is 0 Å². The summed E-state index contributed by atoms with van der Waals surface area (Å²) in [6.45, 7) is 0.910. The molecule has 1 saturated heterocycles. The van der Waals surface area contributed by atoms with E-state index in [1.807, 2.05) is 12.1 Å². The van der Waals surface area contributed by atoms with E-state index in [2.05, 4.69) is 20.6 Å². The summed E-state index contributed by atoms with van der Waals surface area (Å²) in [5, 5.41) is 6.38. The summed E-state index contributed by atoms with van der Waals surface area (Å²) in [5.41, 5.74) is 3.09. The van der Waals surface area contributed by atoms with Gasteiger partial charge >= 0.3 is 0 Å². The largest absolute Gasteiger partial charge is 0.357 e. The molecule has 12 heteroatoms. The third-order valence-electron chi connectivity index (χ3n) is 8.07. The highest BCUT2D eigenvalue weighted by molar-refractivity contribution is 6.33. The third-order valence-corrected chi connectivity index (χ3v) is 8.40. The molecule has 46 heavy (non-hydrogen) atoms. The molecule has 0 bridgehead atoms. The van der Waals surface area contributed by atoms with Gasteiger partial charge in [-0.2, -0.15) is 0 Å². The van der Waals surface area contributed by atoms with Crippen molar-refractivity contribution in [3.8, 4) is 22.3 Å². The fraction of sp³-hybridized carbons (Fsp3) is 0.206. The van der Waals surface area contributed by atoms with Crippen LogP contribution in [-0.2, 0) is 16.1 Å². The zero-order valence-electron chi connectivity index (χ0n) is 24.9. The van der Waals surface area contributed by atoms with Gasteiger partial charge in [0.1, 0.15) is 18.8 Å². The number of nitrogens with one attached hydrogen (secondary N) is 2. The Kier molecular flexibility index (Phi) is 8.50. The number of rotatable bonds is 8. The maximum Gasteiger partial charge on any atom is 0.247 e. The number of carbonyl (C=O) groups is 3. The van der Waals surface area contributed by atoms with Gasteiger partial charge in [0.25, 0.3) is 0 Å². The van der Waals surface area contributed by atoms with E-state index in [1.165, 1.54) is 17.9 Å². The average Bonchev–Trinajstić information content (AvgIpc) is 3.63. The minimum Gasteiger partial charge on any atom is -0.357 e. The Bertz CT molecular complexity index is 1980. The fourth-order valence-corrected chi connectivity index (χ4v) is 6.01. The van der Waals surface area contributed by atoms with Crippen LogP contribution in [-0.4, -0.2) is 62.8 Å². The molecule has 6 rings (SSSR count). The number of likely N-dealkylation sites (tertiary alicyclic amines) is 1. The first-order valence-electron chi connectivity index (χ1n) is 14.6. The van der Waals surface area contributed by atoms with Crippen LogP contribution in [0.2, 0.25) is 5.02 Å². The summed E-state index contributed by atoms with van der Waals surface area (Å²) in [6, 6.07) is 15.6. The highest BCUT2D eigenvalue weighted by atomic mass is 35.5. The van der Waals surface area contributed by atoms with Gasteiger partial charge in [-0.05, 0) is 36.8 Å². The molecular weight excluding hydrogens is 614 g/mol. The Labute approximate surface area is 268 Å². The number of ketones is 1. The smallest absolute Gasteiger partial charge is 0.247 e. The van der Waals surface area contributed by atoms with Gasteiger partial charge in [0.2, 0.25) is 17.8 Å². The molecular formula is C34H29ClF2N6O3. The van der Waals surface area contributed by atoms with Gasteiger partial charge in [-0.1, -0.05) is 48.0 Å². The molecule has 0 radical (unpaired) electrons. The van der Waals surface area contributed by atoms with E-state index in [9.17, 15) is 18.8 Å². The van der Waals surface area contributed by atoms with Crippen molar-refractivity contribution in [2.75, 3.05) is 24.2 Å². The van der Waals surface area contributed by atoms with Crippen LogP contribution < -0.4 is 10.6 Å². The van der Waals surface area contributed by atoms with Crippen LogP contribution in [0, 0.1) is 5.82 Å². The molecule has 2 unspecified atom stereocenters. The Morgan fingerprint density at radius 2 is 1.74 bits per heavy atom. The van der Waals surface area contributed by atoms with Crippen LogP contribution >= 0.6 is 11.6 Å². The number of fused-ring (bicyclic) bond motifs is 1. The molecule has 3 heterocycles. The Hall–Kier alpha value is -5.16. The van der Waals surface area contributed by atoms with Crippen LogP contribution in [0.25, 0.3) is 33.2 Å². The van der Waals surface area contributed by atoms with Crippen molar-refractivity contribution in [2.45, 2.75) is 32.1 Å². The molecule has 1 fully saturated rings. The van der Waals surface area contributed by atoms with E-state index in [-0.39, 0.29) is 36.5 Å². The van der Waals surface area contributed by atoms with E-state index in [1.54, 1.807) is 72.7 Å². The average molecular weight is 643 g/mol. The molecule has 0 aliphatic carbocycles. The zero-order chi connectivity index (χ0) is 32.5. The molecule has 2 aromatic heterocycles. The second-order valence-corrected chi connectivity index (χ2v) is 11.4.